The first-order valence-corrected chi connectivity index (χ1v) is 13.4. The number of methoxy groups -OCH3 is 1. The molecule has 9 heteroatoms. The van der Waals surface area contributed by atoms with Crippen LogP contribution in [0.25, 0.3) is 22.2 Å². The summed E-state index contributed by atoms with van der Waals surface area (Å²) in [6.45, 7) is 4.03. The smallest absolute Gasteiger partial charge is 0.255 e. The number of carbonyl (C=O) groups is 2. The Morgan fingerprint density at radius 2 is 1.79 bits per heavy atom. The molecule has 1 atom stereocenters. The molecular weight excluding hydrogens is 484 g/mol. The van der Waals surface area contributed by atoms with E-state index in [2.05, 4.69) is 20.6 Å². The van der Waals surface area contributed by atoms with Crippen LogP contribution in [0, 0.1) is 12.8 Å². The SMILES string of the molecule is COc1ccc(-c2ccnc3c(C(=O)N[C@H]4CC[C@H](NC(=O)[C@H](C)O)CC4)c(C)[nH]c23)c(OCC2CC2)c1. The lowest BCUT2D eigenvalue weighted by molar-refractivity contribution is -0.129. The summed E-state index contributed by atoms with van der Waals surface area (Å²) in [4.78, 5) is 33.2. The number of nitrogens with zero attached hydrogens (tertiary/aromatic N) is 1. The van der Waals surface area contributed by atoms with Gasteiger partial charge in [-0.05, 0) is 76.5 Å². The summed E-state index contributed by atoms with van der Waals surface area (Å²) in [7, 11) is 1.64. The Morgan fingerprint density at radius 3 is 2.45 bits per heavy atom. The Morgan fingerprint density at radius 1 is 1.08 bits per heavy atom. The van der Waals surface area contributed by atoms with Crippen LogP contribution in [0.2, 0.25) is 0 Å². The van der Waals surface area contributed by atoms with Gasteiger partial charge in [0.15, 0.2) is 0 Å². The second-order valence-electron chi connectivity index (χ2n) is 10.5. The molecule has 0 aliphatic heterocycles. The van der Waals surface area contributed by atoms with E-state index >= 15 is 0 Å². The molecule has 0 radical (unpaired) electrons. The minimum Gasteiger partial charge on any atom is -0.497 e. The quantitative estimate of drug-likeness (QED) is 0.339. The molecule has 2 aromatic heterocycles. The zero-order valence-corrected chi connectivity index (χ0v) is 22.2. The summed E-state index contributed by atoms with van der Waals surface area (Å²) in [5.74, 6) is 1.58. The molecule has 2 saturated carbocycles. The van der Waals surface area contributed by atoms with E-state index in [0.717, 1.165) is 59.5 Å². The van der Waals surface area contributed by atoms with Gasteiger partial charge < -0.3 is 30.2 Å². The number of nitrogens with one attached hydrogen (secondary N) is 3. The van der Waals surface area contributed by atoms with E-state index in [1.807, 2.05) is 31.2 Å². The molecule has 2 aliphatic carbocycles. The third kappa shape index (κ3) is 5.62. The summed E-state index contributed by atoms with van der Waals surface area (Å²) < 4.78 is 11.6. The van der Waals surface area contributed by atoms with Gasteiger partial charge in [-0.25, -0.2) is 0 Å². The Bertz CT molecular complexity index is 1320. The highest BCUT2D eigenvalue weighted by atomic mass is 16.5. The van der Waals surface area contributed by atoms with Gasteiger partial charge >= 0.3 is 0 Å². The minimum atomic E-state index is -1.02. The molecule has 0 unspecified atom stereocenters. The lowest BCUT2D eigenvalue weighted by Gasteiger charge is -2.30. The molecule has 2 amide bonds. The van der Waals surface area contributed by atoms with Crippen molar-refractivity contribution >= 4 is 22.8 Å². The van der Waals surface area contributed by atoms with Gasteiger partial charge in [0.25, 0.3) is 5.91 Å². The Kier molecular flexibility index (Phi) is 7.56. The number of ether oxygens (including phenoxy) is 2. The second-order valence-corrected chi connectivity index (χ2v) is 10.5. The number of fused-ring (bicyclic) bond motifs is 1. The van der Waals surface area contributed by atoms with Crippen LogP contribution < -0.4 is 20.1 Å². The fraction of sp³-hybridized carbons (Fsp3) is 0.483. The second kappa shape index (κ2) is 11.0. The van der Waals surface area contributed by atoms with Crippen molar-refractivity contribution in [3.63, 3.8) is 0 Å². The van der Waals surface area contributed by atoms with Crippen molar-refractivity contribution in [3.05, 3.63) is 41.7 Å². The molecule has 2 aliphatic rings. The number of carbonyl (C=O) groups excluding carboxylic acids is 2. The third-order valence-corrected chi connectivity index (χ3v) is 7.54. The molecule has 0 bridgehead atoms. The van der Waals surface area contributed by atoms with E-state index in [1.54, 1.807) is 13.3 Å². The molecule has 2 heterocycles. The van der Waals surface area contributed by atoms with Crippen LogP contribution in [0.1, 0.15) is 61.5 Å². The molecule has 4 N–H and O–H groups in total. The number of amides is 2. The number of aromatic amines is 1. The van der Waals surface area contributed by atoms with E-state index in [0.29, 0.717) is 23.6 Å². The summed E-state index contributed by atoms with van der Waals surface area (Å²) >= 11 is 0. The fourth-order valence-corrected chi connectivity index (χ4v) is 5.13. The van der Waals surface area contributed by atoms with Crippen molar-refractivity contribution in [2.75, 3.05) is 13.7 Å². The number of hydrogen-bond acceptors (Lipinski definition) is 6. The molecule has 38 heavy (non-hydrogen) atoms. The van der Waals surface area contributed by atoms with Gasteiger partial charge in [0.2, 0.25) is 5.91 Å². The maximum Gasteiger partial charge on any atom is 0.255 e. The number of aliphatic hydroxyl groups is 1. The predicted molar refractivity (Wildman–Crippen MR) is 144 cm³/mol. The number of benzene rings is 1. The first-order valence-electron chi connectivity index (χ1n) is 13.4. The van der Waals surface area contributed by atoms with Gasteiger partial charge in [0, 0.05) is 41.2 Å². The van der Waals surface area contributed by atoms with Gasteiger partial charge in [-0.1, -0.05) is 0 Å². The van der Waals surface area contributed by atoms with E-state index in [1.165, 1.54) is 19.8 Å². The van der Waals surface area contributed by atoms with Crippen LogP contribution in [0.5, 0.6) is 11.5 Å². The van der Waals surface area contributed by atoms with Crippen LogP contribution in [0.15, 0.2) is 30.5 Å². The largest absolute Gasteiger partial charge is 0.497 e. The maximum absolute atomic E-state index is 13.4. The van der Waals surface area contributed by atoms with Crippen LogP contribution in [-0.4, -0.2) is 58.8 Å². The van der Waals surface area contributed by atoms with Crippen molar-refractivity contribution in [1.82, 2.24) is 20.6 Å². The molecule has 9 nitrogen and oxygen atoms in total. The number of pyridine rings is 1. The van der Waals surface area contributed by atoms with Gasteiger partial charge in [0.05, 0.1) is 24.8 Å². The number of aryl methyl sites for hydroxylation is 1. The zero-order valence-electron chi connectivity index (χ0n) is 22.2. The molecule has 0 spiro atoms. The highest BCUT2D eigenvalue weighted by molar-refractivity contribution is 6.09. The molecule has 5 rings (SSSR count). The predicted octanol–water partition coefficient (Wildman–Crippen LogP) is 3.87. The van der Waals surface area contributed by atoms with Crippen molar-refractivity contribution < 1.29 is 24.2 Å². The van der Waals surface area contributed by atoms with Crippen molar-refractivity contribution in [2.24, 2.45) is 5.92 Å². The maximum atomic E-state index is 13.4. The van der Waals surface area contributed by atoms with Crippen LogP contribution in [-0.2, 0) is 4.79 Å². The number of hydrogen-bond donors (Lipinski definition) is 4. The highest BCUT2D eigenvalue weighted by Gasteiger charge is 2.28. The first kappa shape index (κ1) is 26.0. The number of aliphatic hydroxyl groups excluding tert-OH is 1. The van der Waals surface area contributed by atoms with Crippen LogP contribution >= 0.6 is 0 Å². The van der Waals surface area contributed by atoms with Gasteiger partial charge in [-0.15, -0.1) is 0 Å². The number of aromatic nitrogens is 2. The van der Waals surface area contributed by atoms with E-state index in [-0.39, 0.29) is 23.9 Å². The van der Waals surface area contributed by atoms with Crippen molar-refractivity contribution in [2.45, 2.75) is 70.6 Å². The number of rotatable bonds is 9. The Balaban J connectivity index is 1.35. The molecule has 2 fully saturated rings. The van der Waals surface area contributed by atoms with E-state index in [9.17, 15) is 14.7 Å². The van der Waals surface area contributed by atoms with Crippen LogP contribution in [0.4, 0.5) is 0 Å². The first-order chi connectivity index (χ1) is 18.3. The van der Waals surface area contributed by atoms with Gasteiger partial charge in [-0.2, -0.15) is 0 Å². The molecule has 1 aromatic carbocycles. The van der Waals surface area contributed by atoms with Crippen molar-refractivity contribution in [3.8, 4) is 22.6 Å². The monoisotopic (exact) mass is 520 g/mol. The van der Waals surface area contributed by atoms with E-state index in [4.69, 9.17) is 9.47 Å². The number of H-pyrrole nitrogens is 1. The zero-order chi connectivity index (χ0) is 26.8. The molecular formula is C29H36N4O5. The fourth-order valence-electron chi connectivity index (χ4n) is 5.13. The summed E-state index contributed by atoms with van der Waals surface area (Å²) in [6.07, 6.45) is 6.12. The average molecular weight is 521 g/mol. The molecule has 202 valence electrons. The lowest BCUT2D eigenvalue weighted by atomic mass is 9.90. The van der Waals surface area contributed by atoms with Crippen LogP contribution in [0.3, 0.4) is 0 Å². The Hall–Kier alpha value is -3.59. The normalized spacial score (nSPS) is 20.1. The van der Waals surface area contributed by atoms with E-state index < -0.39 is 6.10 Å². The topological polar surface area (TPSA) is 126 Å². The lowest BCUT2D eigenvalue weighted by Crippen LogP contribution is -2.46. The standard InChI is InChI=1S/C29H36N4O5/c1-16-25(29(36)33-20-8-6-19(7-9-20)32-28(35)17(2)34)27-26(31-16)23(12-13-30-27)22-11-10-21(37-3)14-24(22)38-15-18-4-5-18/h10-14,17-20,31,34H,4-9,15H2,1-3H3,(H,32,35)(H,33,36)/t17-,19-,20-/m0/s1. The third-order valence-electron chi connectivity index (χ3n) is 7.54. The minimum absolute atomic E-state index is 0.0127. The Labute approximate surface area is 222 Å². The average Bonchev–Trinajstić information content (AvgIpc) is 3.67. The summed E-state index contributed by atoms with van der Waals surface area (Å²) in [5, 5.41) is 15.5. The van der Waals surface area contributed by atoms with Crippen molar-refractivity contribution in [1.29, 1.82) is 0 Å². The summed E-state index contributed by atoms with van der Waals surface area (Å²) in [6, 6.07) is 7.78. The van der Waals surface area contributed by atoms with Gasteiger partial charge in [0.1, 0.15) is 23.1 Å². The molecule has 3 aromatic rings. The van der Waals surface area contributed by atoms with Gasteiger partial charge in [-0.3, -0.25) is 14.6 Å². The molecule has 0 saturated heterocycles. The summed E-state index contributed by atoms with van der Waals surface area (Å²) in [5.41, 5.74) is 4.55. The highest BCUT2D eigenvalue weighted by Crippen LogP contribution is 2.39.